The van der Waals surface area contributed by atoms with Gasteiger partial charge in [-0.15, -0.1) is 0 Å². The smallest absolute Gasteiger partial charge is 0.282 e. The summed E-state index contributed by atoms with van der Waals surface area (Å²) in [6.45, 7) is 2.52. The summed E-state index contributed by atoms with van der Waals surface area (Å²) in [5.74, 6) is 0.581. The molecule has 29 heavy (non-hydrogen) atoms. The van der Waals surface area contributed by atoms with Gasteiger partial charge < -0.3 is 9.64 Å². The zero-order valence-electron chi connectivity index (χ0n) is 16.4. The summed E-state index contributed by atoms with van der Waals surface area (Å²) >= 11 is 0. The number of nitrogens with zero attached hydrogens (tertiary/aromatic N) is 4. The van der Waals surface area contributed by atoms with E-state index >= 15 is 0 Å². The minimum absolute atomic E-state index is 0.171. The number of hydrogen-bond donors (Lipinski definition) is 1. The summed E-state index contributed by atoms with van der Waals surface area (Å²) < 4.78 is 33.5. The number of rotatable bonds is 5. The Morgan fingerprint density at radius 2 is 1.62 bits per heavy atom. The number of amides is 1. The van der Waals surface area contributed by atoms with Crippen LogP contribution in [0.1, 0.15) is 23.3 Å². The van der Waals surface area contributed by atoms with Crippen LogP contribution in [0.5, 0.6) is 5.75 Å². The summed E-state index contributed by atoms with van der Waals surface area (Å²) in [5, 5.41) is 7.04. The maximum atomic E-state index is 12.8. The molecule has 4 rings (SSSR count). The van der Waals surface area contributed by atoms with Crippen molar-refractivity contribution in [1.82, 2.24) is 23.7 Å². The Bertz CT molecular complexity index is 959. The highest BCUT2D eigenvalue weighted by Gasteiger charge is 2.35. The second-order valence-electron chi connectivity index (χ2n) is 7.20. The van der Waals surface area contributed by atoms with Gasteiger partial charge in [0.25, 0.3) is 16.1 Å². The number of nitrogens with one attached hydrogen (secondary N) is 1. The van der Waals surface area contributed by atoms with Crippen molar-refractivity contribution in [3.63, 3.8) is 0 Å². The number of methoxy groups -OCH3 is 1. The number of ether oxygens (including phenoxy) is 1. The van der Waals surface area contributed by atoms with Crippen LogP contribution in [0, 0.1) is 0 Å². The molecule has 2 aliphatic rings. The van der Waals surface area contributed by atoms with E-state index in [1.165, 1.54) is 4.31 Å². The summed E-state index contributed by atoms with van der Waals surface area (Å²) in [6.07, 6.45) is 1.82. The van der Waals surface area contributed by atoms with Gasteiger partial charge in [-0.2, -0.15) is 22.1 Å². The maximum Gasteiger partial charge on any atom is 0.282 e. The number of aromatic amines is 1. The molecule has 0 atom stereocenters. The highest BCUT2D eigenvalue weighted by molar-refractivity contribution is 7.86. The summed E-state index contributed by atoms with van der Waals surface area (Å²) in [6, 6.07) is 9.16. The molecule has 0 spiro atoms. The van der Waals surface area contributed by atoms with Crippen LogP contribution in [0.25, 0.3) is 11.3 Å². The minimum Gasteiger partial charge on any atom is -0.497 e. The lowest BCUT2D eigenvalue weighted by Gasteiger charge is -2.35. The van der Waals surface area contributed by atoms with Crippen LogP contribution in [0.15, 0.2) is 30.3 Å². The lowest BCUT2D eigenvalue weighted by atomic mass is 10.1. The molecule has 3 heterocycles. The lowest BCUT2D eigenvalue weighted by molar-refractivity contribution is 0.0688. The zero-order chi connectivity index (χ0) is 20.4. The quantitative estimate of drug-likeness (QED) is 0.785. The monoisotopic (exact) mass is 419 g/mol. The average molecular weight is 420 g/mol. The van der Waals surface area contributed by atoms with Crippen molar-refractivity contribution < 1.29 is 17.9 Å². The minimum atomic E-state index is -3.41. The van der Waals surface area contributed by atoms with Gasteiger partial charge in [-0.3, -0.25) is 9.89 Å². The topological polar surface area (TPSA) is 98.8 Å². The van der Waals surface area contributed by atoms with Gasteiger partial charge in [-0.05, 0) is 43.2 Å². The van der Waals surface area contributed by atoms with Gasteiger partial charge in [-0.1, -0.05) is 0 Å². The number of hydrogen-bond acceptors (Lipinski definition) is 5. The van der Waals surface area contributed by atoms with E-state index in [1.807, 2.05) is 24.3 Å². The van der Waals surface area contributed by atoms with Gasteiger partial charge in [0.15, 0.2) is 0 Å². The summed E-state index contributed by atoms with van der Waals surface area (Å²) in [4.78, 5) is 14.5. The van der Waals surface area contributed by atoms with Gasteiger partial charge in [0.2, 0.25) is 0 Å². The Balaban J connectivity index is 1.39. The third-order valence-electron chi connectivity index (χ3n) is 5.44. The van der Waals surface area contributed by atoms with Crippen LogP contribution < -0.4 is 4.74 Å². The molecule has 2 saturated heterocycles. The third-order valence-corrected chi connectivity index (χ3v) is 7.47. The van der Waals surface area contributed by atoms with Crippen LogP contribution in [-0.4, -0.2) is 84.4 Å². The average Bonchev–Trinajstić information content (AvgIpc) is 3.46. The molecule has 0 unspecified atom stereocenters. The van der Waals surface area contributed by atoms with E-state index in [1.54, 1.807) is 22.4 Å². The Labute approximate surface area is 170 Å². The number of carbonyl (C=O) groups is 1. The fourth-order valence-corrected chi connectivity index (χ4v) is 5.39. The van der Waals surface area contributed by atoms with Crippen molar-refractivity contribution in [2.75, 3.05) is 46.4 Å². The van der Waals surface area contributed by atoms with Crippen molar-refractivity contribution in [3.8, 4) is 17.0 Å². The SMILES string of the molecule is COc1ccc(-c2cc(C(=O)N3CCN(S(=O)(=O)N4CCCC4)CC3)[nH]n2)cc1. The second-order valence-corrected chi connectivity index (χ2v) is 9.13. The Morgan fingerprint density at radius 1 is 1.00 bits per heavy atom. The molecular formula is C19H25N5O4S. The fourth-order valence-electron chi connectivity index (χ4n) is 3.72. The Kier molecular flexibility index (Phi) is 5.57. The number of aromatic nitrogens is 2. The number of piperazine rings is 1. The lowest BCUT2D eigenvalue weighted by Crippen LogP contribution is -2.53. The second kappa shape index (κ2) is 8.13. The van der Waals surface area contributed by atoms with Gasteiger partial charge in [0.05, 0.1) is 12.8 Å². The molecular weight excluding hydrogens is 394 g/mol. The molecule has 1 amide bonds. The predicted molar refractivity (Wildman–Crippen MR) is 108 cm³/mol. The molecule has 156 valence electrons. The maximum absolute atomic E-state index is 12.8. The van der Waals surface area contributed by atoms with Crippen LogP contribution >= 0.6 is 0 Å². The van der Waals surface area contributed by atoms with Crippen LogP contribution in [0.3, 0.4) is 0 Å². The predicted octanol–water partition coefficient (Wildman–Crippen LogP) is 1.18. The van der Waals surface area contributed by atoms with Crippen molar-refractivity contribution in [2.24, 2.45) is 0 Å². The highest BCUT2D eigenvalue weighted by Crippen LogP contribution is 2.22. The van der Waals surface area contributed by atoms with Gasteiger partial charge in [0, 0.05) is 44.8 Å². The van der Waals surface area contributed by atoms with E-state index in [9.17, 15) is 13.2 Å². The van der Waals surface area contributed by atoms with E-state index in [-0.39, 0.29) is 5.91 Å². The third kappa shape index (κ3) is 4.00. The summed E-state index contributed by atoms with van der Waals surface area (Å²) in [7, 11) is -1.81. The first-order valence-corrected chi connectivity index (χ1v) is 11.1. The van der Waals surface area contributed by atoms with Crippen LogP contribution in [0.4, 0.5) is 0 Å². The Morgan fingerprint density at radius 3 is 2.24 bits per heavy atom. The van der Waals surface area contributed by atoms with Crippen molar-refractivity contribution >= 4 is 16.1 Å². The van der Waals surface area contributed by atoms with Gasteiger partial charge >= 0.3 is 0 Å². The standard InChI is InChI=1S/C19H25N5O4S/c1-28-16-6-4-15(5-7-16)17-14-18(21-20-17)19(25)22-10-12-24(13-11-22)29(26,27)23-8-2-3-9-23/h4-7,14H,2-3,8-13H2,1H3,(H,20,21). The first-order chi connectivity index (χ1) is 14.0. The molecule has 0 saturated carbocycles. The molecule has 1 aromatic carbocycles. The molecule has 10 heteroatoms. The van der Waals surface area contributed by atoms with Crippen molar-refractivity contribution in [3.05, 3.63) is 36.0 Å². The van der Waals surface area contributed by atoms with E-state index < -0.39 is 10.2 Å². The normalized spacial score (nSPS) is 18.9. The fraction of sp³-hybridized carbons (Fsp3) is 0.474. The molecule has 1 N–H and O–H groups in total. The van der Waals surface area contributed by atoms with Crippen LogP contribution in [0.2, 0.25) is 0 Å². The molecule has 2 aromatic rings. The number of H-pyrrole nitrogens is 1. The summed E-state index contributed by atoms with van der Waals surface area (Å²) in [5.41, 5.74) is 1.94. The highest BCUT2D eigenvalue weighted by atomic mass is 32.2. The molecule has 2 aliphatic heterocycles. The number of benzene rings is 1. The molecule has 0 bridgehead atoms. The van der Waals surface area contributed by atoms with Gasteiger partial charge in [-0.25, -0.2) is 0 Å². The van der Waals surface area contributed by atoms with E-state index in [0.717, 1.165) is 24.2 Å². The zero-order valence-corrected chi connectivity index (χ0v) is 17.2. The first kappa shape index (κ1) is 19.9. The van der Waals surface area contributed by atoms with Crippen LogP contribution in [-0.2, 0) is 10.2 Å². The molecule has 1 aromatic heterocycles. The molecule has 2 fully saturated rings. The van der Waals surface area contributed by atoms with E-state index in [2.05, 4.69) is 10.2 Å². The number of carbonyl (C=O) groups excluding carboxylic acids is 1. The van der Waals surface area contributed by atoms with Crippen molar-refractivity contribution in [1.29, 1.82) is 0 Å². The van der Waals surface area contributed by atoms with E-state index in [4.69, 9.17) is 4.74 Å². The van der Waals surface area contributed by atoms with Crippen molar-refractivity contribution in [2.45, 2.75) is 12.8 Å². The van der Waals surface area contributed by atoms with E-state index in [0.29, 0.717) is 50.7 Å². The first-order valence-electron chi connectivity index (χ1n) is 9.73. The molecule has 0 aliphatic carbocycles. The largest absolute Gasteiger partial charge is 0.497 e. The Hall–Kier alpha value is -2.43. The van der Waals surface area contributed by atoms with Gasteiger partial charge in [0.1, 0.15) is 11.4 Å². The molecule has 9 nitrogen and oxygen atoms in total. The molecule has 0 radical (unpaired) electrons.